The third-order valence-corrected chi connectivity index (χ3v) is 4.78. The van der Waals surface area contributed by atoms with Crippen molar-refractivity contribution in [3.8, 4) is 17.9 Å². The Morgan fingerprint density at radius 1 is 1.00 bits per heavy atom. The van der Waals surface area contributed by atoms with E-state index in [0.717, 1.165) is 25.0 Å². The minimum absolute atomic E-state index is 0.111. The van der Waals surface area contributed by atoms with E-state index in [9.17, 15) is 4.79 Å². The second-order valence-corrected chi connectivity index (χ2v) is 8.32. The Bertz CT molecular complexity index is 655. The van der Waals surface area contributed by atoms with Crippen LogP contribution in [-0.4, -0.2) is 19.2 Å². The molecule has 1 atom stereocenters. The molecule has 0 saturated heterocycles. The maximum Gasteiger partial charge on any atom is 0.311 e. The van der Waals surface area contributed by atoms with Crippen LogP contribution in [0.3, 0.4) is 0 Å². The number of esters is 1. The molecule has 0 N–H and O–H groups in total. The highest BCUT2D eigenvalue weighted by Crippen LogP contribution is 2.21. The maximum absolute atomic E-state index is 11.6. The van der Waals surface area contributed by atoms with Crippen molar-refractivity contribution in [2.45, 2.75) is 74.7 Å². The van der Waals surface area contributed by atoms with Crippen molar-refractivity contribution in [2.75, 3.05) is 13.2 Å². The van der Waals surface area contributed by atoms with Gasteiger partial charge < -0.3 is 9.47 Å². The Balaban J connectivity index is 0. The number of nitriles is 2. The van der Waals surface area contributed by atoms with Gasteiger partial charge in [0.25, 0.3) is 0 Å². The molecule has 1 unspecified atom stereocenters. The zero-order valence-electron chi connectivity index (χ0n) is 20.1. The second-order valence-electron chi connectivity index (χ2n) is 8.32. The minimum atomic E-state index is -0.410. The van der Waals surface area contributed by atoms with Crippen molar-refractivity contribution in [1.29, 1.82) is 10.5 Å². The van der Waals surface area contributed by atoms with Gasteiger partial charge in [0.05, 0.1) is 23.0 Å². The van der Waals surface area contributed by atoms with Gasteiger partial charge in [-0.15, -0.1) is 0 Å². The predicted octanol–water partition coefficient (Wildman–Crippen LogP) is 6.55. The highest BCUT2D eigenvalue weighted by Gasteiger charge is 2.26. The van der Waals surface area contributed by atoms with E-state index in [4.69, 9.17) is 20.0 Å². The van der Waals surface area contributed by atoms with E-state index in [1.54, 1.807) is 0 Å². The van der Waals surface area contributed by atoms with E-state index >= 15 is 0 Å². The minimum Gasteiger partial charge on any atom is -0.490 e. The number of hydrogen-bond donors (Lipinski definition) is 0. The predicted molar refractivity (Wildman–Crippen MR) is 122 cm³/mol. The number of para-hydroxylation sites is 1. The van der Waals surface area contributed by atoms with Gasteiger partial charge in [-0.1, -0.05) is 39.0 Å². The number of hydrogen-bond acceptors (Lipinski definition) is 5. The van der Waals surface area contributed by atoms with Crippen LogP contribution in [-0.2, 0) is 9.53 Å². The molecule has 5 nitrogen and oxygen atoms in total. The number of benzene rings is 1. The number of carbonyl (C=O) groups excluding carboxylic acids is 1. The van der Waals surface area contributed by atoms with Crippen LogP contribution in [0, 0.1) is 39.4 Å². The summed E-state index contributed by atoms with van der Waals surface area (Å²) in [4.78, 5) is 11.6. The standard InChI is InChI=1S/C14H20O3.C6H11N.C5H9N/c1-4-14(2,3)13(15)17-11-10-16-12-8-6-5-7-9-12;1-4-6(2,3)5-7;1-3-5(2)4-6/h5-9H,4,10-11H2,1-3H3;4H2,1-3H3;5H,3H2,1-2H3. The summed E-state index contributed by atoms with van der Waals surface area (Å²) in [7, 11) is 0. The number of rotatable bonds is 8. The molecule has 5 heteroatoms. The van der Waals surface area contributed by atoms with Crippen LogP contribution in [0.4, 0.5) is 0 Å². The molecule has 0 heterocycles. The lowest BCUT2D eigenvalue weighted by atomic mass is 9.91. The average Bonchev–Trinajstić information content (AvgIpc) is 2.77. The molecule has 0 bridgehead atoms. The normalized spacial score (nSPS) is 11.3. The van der Waals surface area contributed by atoms with Gasteiger partial charge in [-0.2, -0.15) is 10.5 Å². The lowest BCUT2D eigenvalue weighted by molar-refractivity contribution is -0.154. The summed E-state index contributed by atoms with van der Waals surface area (Å²) in [5.74, 6) is 0.861. The quantitative estimate of drug-likeness (QED) is 0.354. The van der Waals surface area contributed by atoms with Crippen LogP contribution in [0.2, 0.25) is 0 Å². The van der Waals surface area contributed by atoms with Gasteiger partial charge in [0.15, 0.2) is 0 Å². The summed E-state index contributed by atoms with van der Waals surface area (Å²) in [5, 5.41) is 16.4. The van der Waals surface area contributed by atoms with Gasteiger partial charge in [0.2, 0.25) is 0 Å². The van der Waals surface area contributed by atoms with Crippen LogP contribution in [0.15, 0.2) is 30.3 Å². The highest BCUT2D eigenvalue weighted by molar-refractivity contribution is 5.75. The van der Waals surface area contributed by atoms with Crippen LogP contribution in [0.5, 0.6) is 5.75 Å². The molecule has 0 amide bonds. The van der Waals surface area contributed by atoms with Gasteiger partial charge >= 0.3 is 5.97 Å². The third-order valence-electron chi connectivity index (χ3n) is 4.78. The Morgan fingerprint density at radius 3 is 1.90 bits per heavy atom. The molecular formula is C25H40N2O3. The summed E-state index contributed by atoms with van der Waals surface area (Å²) < 4.78 is 10.6. The van der Waals surface area contributed by atoms with E-state index in [1.165, 1.54) is 0 Å². The topological polar surface area (TPSA) is 83.1 Å². The second kappa shape index (κ2) is 16.3. The van der Waals surface area contributed by atoms with Crippen LogP contribution in [0.25, 0.3) is 0 Å². The maximum atomic E-state index is 11.6. The SMILES string of the molecule is CCC(C)(C)C#N.CCC(C)(C)C(=O)OCCOc1ccccc1.CCC(C)C#N. The van der Waals surface area contributed by atoms with E-state index in [0.29, 0.717) is 6.61 Å². The Labute approximate surface area is 184 Å². The molecule has 1 aromatic carbocycles. The van der Waals surface area contributed by atoms with Crippen LogP contribution in [0.1, 0.15) is 74.7 Å². The Morgan fingerprint density at radius 2 is 1.57 bits per heavy atom. The van der Waals surface area contributed by atoms with Crippen molar-refractivity contribution in [3.05, 3.63) is 30.3 Å². The Hall–Kier alpha value is -2.53. The van der Waals surface area contributed by atoms with Gasteiger partial charge in [0.1, 0.15) is 19.0 Å². The summed E-state index contributed by atoms with van der Waals surface area (Å²) in [6.45, 7) is 16.2. The third kappa shape index (κ3) is 15.4. The fraction of sp³-hybridized carbons (Fsp3) is 0.640. The molecule has 0 spiro atoms. The molecule has 0 radical (unpaired) electrons. The summed E-state index contributed by atoms with van der Waals surface area (Å²) in [5.41, 5.74) is -0.521. The smallest absolute Gasteiger partial charge is 0.311 e. The molecule has 1 aromatic rings. The first-order valence-electron chi connectivity index (χ1n) is 10.7. The summed E-state index contributed by atoms with van der Waals surface area (Å²) in [6.07, 6.45) is 2.67. The largest absolute Gasteiger partial charge is 0.490 e. The van der Waals surface area contributed by atoms with Crippen molar-refractivity contribution in [2.24, 2.45) is 16.7 Å². The number of ether oxygens (including phenoxy) is 2. The first-order valence-corrected chi connectivity index (χ1v) is 10.7. The number of carbonyl (C=O) groups is 1. The fourth-order valence-corrected chi connectivity index (χ4v) is 1.32. The molecule has 30 heavy (non-hydrogen) atoms. The molecule has 0 fully saturated rings. The van der Waals surface area contributed by atoms with Crippen molar-refractivity contribution in [1.82, 2.24) is 0 Å². The lowest BCUT2D eigenvalue weighted by Crippen LogP contribution is -2.27. The van der Waals surface area contributed by atoms with E-state index in [1.807, 2.05) is 85.7 Å². The first-order chi connectivity index (χ1) is 14.0. The number of nitrogens with zero attached hydrogens (tertiary/aromatic N) is 2. The first kappa shape index (κ1) is 29.7. The van der Waals surface area contributed by atoms with Gasteiger partial charge in [-0.3, -0.25) is 4.79 Å². The van der Waals surface area contributed by atoms with Gasteiger partial charge in [0, 0.05) is 5.92 Å². The summed E-state index contributed by atoms with van der Waals surface area (Å²) >= 11 is 0. The van der Waals surface area contributed by atoms with E-state index in [2.05, 4.69) is 12.1 Å². The van der Waals surface area contributed by atoms with Crippen molar-refractivity contribution >= 4 is 5.97 Å². The lowest BCUT2D eigenvalue weighted by Gasteiger charge is -2.20. The molecule has 0 aliphatic heterocycles. The van der Waals surface area contributed by atoms with Crippen LogP contribution >= 0.6 is 0 Å². The van der Waals surface area contributed by atoms with Crippen LogP contribution < -0.4 is 4.74 Å². The molecule has 0 aromatic heterocycles. The average molecular weight is 417 g/mol. The molecule has 0 aliphatic carbocycles. The molecule has 1 rings (SSSR count). The fourth-order valence-electron chi connectivity index (χ4n) is 1.32. The van der Waals surface area contributed by atoms with Gasteiger partial charge in [-0.05, 0) is 66.0 Å². The van der Waals surface area contributed by atoms with E-state index < -0.39 is 5.41 Å². The molecular weight excluding hydrogens is 376 g/mol. The zero-order chi connectivity index (χ0) is 23.6. The summed E-state index contributed by atoms with van der Waals surface area (Å²) in [6, 6.07) is 13.8. The van der Waals surface area contributed by atoms with Gasteiger partial charge in [-0.25, -0.2) is 0 Å². The Kier molecular flexibility index (Phi) is 16.1. The molecule has 0 saturated carbocycles. The highest BCUT2D eigenvalue weighted by atomic mass is 16.6. The molecule has 0 aliphatic rings. The van der Waals surface area contributed by atoms with Crippen molar-refractivity contribution < 1.29 is 14.3 Å². The van der Waals surface area contributed by atoms with Crippen molar-refractivity contribution in [3.63, 3.8) is 0 Å². The monoisotopic (exact) mass is 416 g/mol. The zero-order valence-corrected chi connectivity index (χ0v) is 20.1. The van der Waals surface area contributed by atoms with E-state index in [-0.39, 0.29) is 23.9 Å². The molecule has 168 valence electrons.